The molecule has 2 fully saturated rings. The van der Waals surface area contributed by atoms with Gasteiger partial charge in [-0.05, 0) is 64.7 Å². The van der Waals surface area contributed by atoms with Gasteiger partial charge in [-0.25, -0.2) is 9.78 Å². The Kier molecular flexibility index (Phi) is 5.40. The molecule has 1 aromatic carbocycles. The number of hydrogen-bond acceptors (Lipinski definition) is 3. The Bertz CT molecular complexity index is 1010. The van der Waals surface area contributed by atoms with Crippen molar-refractivity contribution in [3.05, 3.63) is 62.3 Å². The van der Waals surface area contributed by atoms with Crippen LogP contribution in [-0.2, 0) is 17.1 Å². The lowest BCUT2D eigenvalue weighted by Gasteiger charge is -2.23. The molecule has 2 aromatic rings. The van der Waals surface area contributed by atoms with Gasteiger partial charge in [-0.2, -0.15) is 26.3 Å². The summed E-state index contributed by atoms with van der Waals surface area (Å²) in [7, 11) is 0. The number of rotatable bonds is 2. The molecular formula is C19H12BrClF6N2O2. The smallest absolute Gasteiger partial charge is 0.416 e. The van der Waals surface area contributed by atoms with Crippen molar-refractivity contribution in [2.75, 3.05) is 0 Å². The van der Waals surface area contributed by atoms with Crippen LogP contribution >= 0.6 is 27.5 Å². The fraction of sp³-hybridized carbons (Fsp3) is 0.368. The molecule has 166 valence electrons. The van der Waals surface area contributed by atoms with E-state index in [1.807, 2.05) is 0 Å². The van der Waals surface area contributed by atoms with E-state index in [0.29, 0.717) is 35.1 Å². The maximum absolute atomic E-state index is 13.2. The molecule has 4 nitrogen and oxygen atoms in total. The number of carbonyl (C=O) groups excluding carboxylic acids is 1. The van der Waals surface area contributed by atoms with E-state index in [4.69, 9.17) is 16.3 Å². The van der Waals surface area contributed by atoms with Crippen LogP contribution in [0.4, 0.5) is 31.1 Å². The SMILES string of the molecule is O=C1OC(c2cc(C(F)(F)F)cc(C(F)(F)F)c2)C2CCC(c3nc(Cl)ccc3Br)N12. The quantitative estimate of drug-likeness (QED) is 0.313. The number of cyclic esters (lactones) is 1. The summed E-state index contributed by atoms with van der Waals surface area (Å²) in [5, 5.41) is 0.179. The molecule has 1 aromatic heterocycles. The van der Waals surface area contributed by atoms with Crippen LogP contribution in [0.25, 0.3) is 0 Å². The predicted octanol–water partition coefficient (Wildman–Crippen LogP) is 6.93. The highest BCUT2D eigenvalue weighted by atomic mass is 79.9. The predicted molar refractivity (Wildman–Crippen MR) is 100 cm³/mol. The van der Waals surface area contributed by atoms with Crippen molar-refractivity contribution in [3.63, 3.8) is 0 Å². The maximum Gasteiger partial charge on any atom is 0.416 e. The molecule has 4 rings (SSSR count). The molecule has 12 heteroatoms. The number of fused-ring (bicyclic) bond motifs is 1. The van der Waals surface area contributed by atoms with Crippen LogP contribution in [0.2, 0.25) is 5.15 Å². The zero-order valence-electron chi connectivity index (χ0n) is 15.3. The summed E-state index contributed by atoms with van der Waals surface area (Å²) in [5.74, 6) is 0. The van der Waals surface area contributed by atoms with Gasteiger partial charge < -0.3 is 4.74 Å². The van der Waals surface area contributed by atoms with Gasteiger partial charge in [0.15, 0.2) is 0 Å². The van der Waals surface area contributed by atoms with Gasteiger partial charge in [-0.3, -0.25) is 4.90 Å². The number of aromatic nitrogens is 1. The lowest BCUT2D eigenvalue weighted by Crippen LogP contribution is -2.31. The number of pyridine rings is 1. The van der Waals surface area contributed by atoms with Crippen molar-refractivity contribution in [3.8, 4) is 0 Å². The second-order valence-corrected chi connectivity index (χ2v) is 8.45. The number of hydrogen-bond donors (Lipinski definition) is 0. The van der Waals surface area contributed by atoms with Gasteiger partial charge in [0, 0.05) is 4.47 Å². The van der Waals surface area contributed by atoms with E-state index >= 15 is 0 Å². The summed E-state index contributed by atoms with van der Waals surface area (Å²) in [6.07, 6.45) is -11.4. The Balaban J connectivity index is 1.73. The Morgan fingerprint density at radius 1 is 1.03 bits per heavy atom. The highest BCUT2D eigenvalue weighted by Crippen LogP contribution is 2.49. The topological polar surface area (TPSA) is 42.4 Å². The highest BCUT2D eigenvalue weighted by molar-refractivity contribution is 9.10. The van der Waals surface area contributed by atoms with Gasteiger partial charge in [-0.1, -0.05) is 11.6 Å². The Morgan fingerprint density at radius 2 is 1.65 bits per heavy atom. The van der Waals surface area contributed by atoms with E-state index < -0.39 is 47.8 Å². The van der Waals surface area contributed by atoms with Crippen LogP contribution in [0.3, 0.4) is 0 Å². The number of nitrogens with zero attached hydrogens (tertiary/aromatic N) is 2. The van der Waals surface area contributed by atoms with Gasteiger partial charge >= 0.3 is 18.4 Å². The third-order valence-corrected chi connectivity index (χ3v) is 6.19. The van der Waals surface area contributed by atoms with E-state index in [-0.39, 0.29) is 16.8 Å². The number of ether oxygens (including phenoxy) is 1. The molecule has 31 heavy (non-hydrogen) atoms. The molecule has 1 amide bonds. The molecule has 0 N–H and O–H groups in total. The number of alkyl halides is 6. The van der Waals surface area contributed by atoms with Crippen molar-refractivity contribution in [2.24, 2.45) is 0 Å². The molecule has 0 aliphatic carbocycles. The summed E-state index contributed by atoms with van der Waals surface area (Å²) in [6, 6.07) is 3.09. The zero-order valence-corrected chi connectivity index (χ0v) is 17.6. The van der Waals surface area contributed by atoms with E-state index in [1.54, 1.807) is 6.07 Å². The van der Waals surface area contributed by atoms with E-state index in [9.17, 15) is 31.1 Å². The molecule has 0 radical (unpaired) electrons. The first kappa shape index (κ1) is 22.2. The van der Waals surface area contributed by atoms with Crippen LogP contribution in [0.1, 0.15) is 47.4 Å². The van der Waals surface area contributed by atoms with Crippen molar-refractivity contribution >= 4 is 33.6 Å². The minimum Gasteiger partial charge on any atom is -0.439 e. The molecule has 0 spiro atoms. The summed E-state index contributed by atoms with van der Waals surface area (Å²) in [4.78, 5) is 18.1. The third kappa shape index (κ3) is 4.09. The van der Waals surface area contributed by atoms with Crippen LogP contribution < -0.4 is 0 Å². The lowest BCUT2D eigenvalue weighted by molar-refractivity contribution is -0.143. The molecule has 3 heterocycles. The third-order valence-electron chi connectivity index (χ3n) is 5.31. The molecule has 2 aliphatic rings. The molecule has 0 saturated carbocycles. The summed E-state index contributed by atoms with van der Waals surface area (Å²) >= 11 is 9.27. The standard InChI is InChI=1S/C19H12BrClF6N2O2/c20-11-1-4-14(21)28-15(11)12-2-3-13-16(31-17(30)29(12)13)8-5-9(18(22,23)24)7-10(6-8)19(25,26)27/h1,4-7,12-13,16H,2-3H2. The number of amides is 1. The van der Waals surface area contributed by atoms with Crippen molar-refractivity contribution in [2.45, 2.75) is 43.4 Å². The molecule has 0 bridgehead atoms. The van der Waals surface area contributed by atoms with Crippen molar-refractivity contribution < 1.29 is 35.9 Å². The highest BCUT2D eigenvalue weighted by Gasteiger charge is 2.52. The summed E-state index contributed by atoms with van der Waals surface area (Å²) in [5.41, 5.74) is -2.84. The number of benzene rings is 1. The fourth-order valence-electron chi connectivity index (χ4n) is 4.01. The second-order valence-electron chi connectivity index (χ2n) is 7.21. The van der Waals surface area contributed by atoms with Gasteiger partial charge in [0.05, 0.1) is 28.9 Å². The Labute approximate surface area is 185 Å². The Hall–Kier alpha value is -2.01. The van der Waals surface area contributed by atoms with Gasteiger partial charge in [0.1, 0.15) is 11.3 Å². The maximum atomic E-state index is 13.2. The van der Waals surface area contributed by atoms with E-state index in [2.05, 4.69) is 20.9 Å². The van der Waals surface area contributed by atoms with Gasteiger partial charge in [0.25, 0.3) is 0 Å². The molecule has 2 aliphatic heterocycles. The summed E-state index contributed by atoms with van der Waals surface area (Å²) in [6.45, 7) is 0. The lowest BCUT2D eigenvalue weighted by atomic mass is 9.96. The monoisotopic (exact) mass is 528 g/mol. The molecular weight excluding hydrogens is 518 g/mol. The summed E-state index contributed by atoms with van der Waals surface area (Å²) < 4.78 is 85.1. The minimum absolute atomic E-state index is 0.0441. The normalized spacial score (nSPS) is 23.8. The van der Waals surface area contributed by atoms with E-state index in [1.165, 1.54) is 11.0 Å². The molecule has 3 atom stereocenters. The first-order chi connectivity index (χ1) is 14.4. The fourth-order valence-corrected chi connectivity index (χ4v) is 4.65. The molecule has 3 unspecified atom stereocenters. The zero-order chi connectivity index (χ0) is 22.7. The average molecular weight is 530 g/mol. The minimum atomic E-state index is -4.99. The van der Waals surface area contributed by atoms with Gasteiger partial charge in [-0.15, -0.1) is 0 Å². The molecule has 2 saturated heterocycles. The Morgan fingerprint density at radius 3 is 2.23 bits per heavy atom. The van der Waals surface area contributed by atoms with Crippen molar-refractivity contribution in [1.82, 2.24) is 9.88 Å². The first-order valence-corrected chi connectivity index (χ1v) is 10.1. The average Bonchev–Trinajstić information content (AvgIpc) is 3.23. The van der Waals surface area contributed by atoms with Crippen LogP contribution in [0.15, 0.2) is 34.8 Å². The first-order valence-electron chi connectivity index (χ1n) is 8.96. The van der Waals surface area contributed by atoms with E-state index in [0.717, 1.165) is 0 Å². The largest absolute Gasteiger partial charge is 0.439 e. The van der Waals surface area contributed by atoms with Crippen LogP contribution in [-0.4, -0.2) is 22.0 Å². The number of halogens is 8. The van der Waals surface area contributed by atoms with Crippen LogP contribution in [0.5, 0.6) is 0 Å². The van der Waals surface area contributed by atoms with Gasteiger partial charge in [0.2, 0.25) is 0 Å². The number of carbonyl (C=O) groups is 1. The second kappa shape index (κ2) is 7.54. The van der Waals surface area contributed by atoms with Crippen molar-refractivity contribution in [1.29, 1.82) is 0 Å². The van der Waals surface area contributed by atoms with Crippen LogP contribution in [0, 0.1) is 0 Å².